The molecular weight excluding hydrogens is 380 g/mol. The lowest BCUT2D eigenvalue weighted by Crippen LogP contribution is -2.44. The standard InChI is InChI=1S/C10H8N2S.C9H13ClN4/c1-2-8-7-13-10(12-8)9-5-3-4-6-11-9;1-13-2-4-14(5-3-13)9-6-8(10)11-7-12-9/h2-7H,1H2;6-7H,2-5H2,1H3. The van der Waals surface area contributed by atoms with Gasteiger partial charge in [0.15, 0.2) is 0 Å². The second-order valence-electron chi connectivity index (χ2n) is 5.99. The molecule has 1 fully saturated rings. The first-order valence-electron chi connectivity index (χ1n) is 8.56. The fourth-order valence-electron chi connectivity index (χ4n) is 2.52. The first-order valence-corrected chi connectivity index (χ1v) is 9.82. The predicted molar refractivity (Wildman–Crippen MR) is 112 cm³/mol. The van der Waals surface area contributed by atoms with Crippen molar-refractivity contribution in [1.29, 1.82) is 0 Å². The molecule has 0 N–H and O–H groups in total. The average Bonchev–Trinajstić information content (AvgIpc) is 3.19. The molecule has 1 aliphatic rings. The summed E-state index contributed by atoms with van der Waals surface area (Å²) < 4.78 is 0. The lowest BCUT2D eigenvalue weighted by Gasteiger charge is -2.33. The summed E-state index contributed by atoms with van der Waals surface area (Å²) in [5.74, 6) is 0.929. The molecular formula is C19H21ClN6S. The number of hydrogen-bond donors (Lipinski definition) is 0. The van der Waals surface area contributed by atoms with E-state index in [1.165, 1.54) is 6.33 Å². The third kappa shape index (κ3) is 5.56. The van der Waals surface area contributed by atoms with Crippen molar-refractivity contribution in [2.45, 2.75) is 0 Å². The van der Waals surface area contributed by atoms with Gasteiger partial charge in [0, 0.05) is 43.8 Å². The van der Waals surface area contributed by atoms with Crippen LogP contribution in [0, 0.1) is 0 Å². The number of rotatable bonds is 3. The Morgan fingerprint density at radius 1 is 1.15 bits per heavy atom. The lowest BCUT2D eigenvalue weighted by molar-refractivity contribution is 0.312. The maximum atomic E-state index is 5.80. The van der Waals surface area contributed by atoms with Crippen LogP contribution in [0.1, 0.15) is 5.69 Å². The van der Waals surface area contributed by atoms with Crippen LogP contribution in [0.5, 0.6) is 0 Å². The van der Waals surface area contributed by atoms with Crippen molar-refractivity contribution < 1.29 is 0 Å². The second kappa shape index (κ2) is 9.55. The zero-order valence-corrected chi connectivity index (χ0v) is 16.7. The van der Waals surface area contributed by atoms with Gasteiger partial charge in [0.25, 0.3) is 0 Å². The maximum absolute atomic E-state index is 5.80. The Morgan fingerprint density at radius 3 is 2.59 bits per heavy atom. The molecule has 27 heavy (non-hydrogen) atoms. The van der Waals surface area contributed by atoms with Crippen molar-refractivity contribution in [3.05, 3.63) is 59.6 Å². The third-order valence-corrected chi connectivity index (χ3v) is 5.15. The van der Waals surface area contributed by atoms with Crippen LogP contribution in [-0.4, -0.2) is 58.1 Å². The normalized spacial score (nSPS) is 14.4. The average molecular weight is 401 g/mol. The van der Waals surface area contributed by atoms with Gasteiger partial charge in [0.1, 0.15) is 22.3 Å². The van der Waals surface area contributed by atoms with E-state index in [9.17, 15) is 0 Å². The Labute approximate surface area is 168 Å². The quantitative estimate of drug-likeness (QED) is 0.624. The summed E-state index contributed by atoms with van der Waals surface area (Å²) >= 11 is 7.39. The van der Waals surface area contributed by atoms with E-state index in [-0.39, 0.29) is 0 Å². The summed E-state index contributed by atoms with van der Waals surface area (Å²) in [7, 11) is 2.13. The number of pyridine rings is 1. The van der Waals surface area contributed by atoms with Crippen molar-refractivity contribution >= 4 is 34.8 Å². The number of piperazine rings is 1. The van der Waals surface area contributed by atoms with Crippen LogP contribution in [0.3, 0.4) is 0 Å². The van der Waals surface area contributed by atoms with Gasteiger partial charge in [-0.1, -0.05) is 24.2 Å². The van der Waals surface area contributed by atoms with E-state index in [0.29, 0.717) is 5.15 Å². The van der Waals surface area contributed by atoms with Gasteiger partial charge in [-0.15, -0.1) is 11.3 Å². The molecule has 8 heteroatoms. The highest BCUT2D eigenvalue weighted by atomic mass is 35.5. The Hall–Kier alpha value is -2.35. The molecule has 0 aliphatic carbocycles. The second-order valence-corrected chi connectivity index (χ2v) is 7.23. The molecule has 1 saturated heterocycles. The molecule has 0 bridgehead atoms. The fourth-order valence-corrected chi connectivity index (χ4v) is 3.44. The molecule has 0 unspecified atom stereocenters. The summed E-state index contributed by atoms with van der Waals surface area (Å²) in [5.41, 5.74) is 1.83. The number of thiazole rings is 1. The van der Waals surface area contributed by atoms with Crippen LogP contribution in [0.2, 0.25) is 5.15 Å². The highest BCUT2D eigenvalue weighted by Crippen LogP contribution is 2.21. The largest absolute Gasteiger partial charge is 0.354 e. The van der Waals surface area contributed by atoms with Crippen LogP contribution >= 0.6 is 22.9 Å². The van der Waals surface area contributed by atoms with E-state index in [2.05, 4.69) is 43.4 Å². The van der Waals surface area contributed by atoms with Crippen LogP contribution < -0.4 is 4.90 Å². The fraction of sp³-hybridized carbons (Fsp3) is 0.263. The number of hydrogen-bond acceptors (Lipinski definition) is 7. The third-order valence-electron chi connectivity index (χ3n) is 4.06. The summed E-state index contributed by atoms with van der Waals surface area (Å²) in [4.78, 5) is 21.1. The summed E-state index contributed by atoms with van der Waals surface area (Å²) in [6, 6.07) is 7.61. The van der Waals surface area contributed by atoms with Crippen LogP contribution in [0.15, 0.2) is 48.7 Å². The first kappa shape index (κ1) is 19.4. The van der Waals surface area contributed by atoms with Crippen molar-refractivity contribution in [2.24, 2.45) is 0 Å². The van der Waals surface area contributed by atoms with E-state index < -0.39 is 0 Å². The van der Waals surface area contributed by atoms with Gasteiger partial charge in [-0.2, -0.15) is 0 Å². The molecule has 6 nitrogen and oxygen atoms in total. The maximum Gasteiger partial charge on any atom is 0.142 e. The van der Waals surface area contributed by atoms with Gasteiger partial charge in [0.05, 0.1) is 11.4 Å². The summed E-state index contributed by atoms with van der Waals surface area (Å²) in [5, 5.41) is 3.42. The molecule has 0 spiro atoms. The molecule has 0 aromatic carbocycles. The zero-order valence-electron chi connectivity index (χ0n) is 15.1. The summed E-state index contributed by atoms with van der Waals surface area (Å²) in [6.07, 6.45) is 5.02. The molecule has 140 valence electrons. The Bertz CT molecular complexity index is 861. The molecule has 4 heterocycles. The minimum atomic E-state index is 0.508. The van der Waals surface area contributed by atoms with Gasteiger partial charge in [-0.05, 0) is 25.3 Å². The molecule has 3 aromatic heterocycles. The molecule has 0 atom stereocenters. The number of aromatic nitrogens is 4. The van der Waals surface area contributed by atoms with Crippen molar-refractivity contribution in [3.63, 3.8) is 0 Å². The summed E-state index contributed by atoms with van der Waals surface area (Å²) in [6.45, 7) is 7.81. The minimum absolute atomic E-state index is 0.508. The number of nitrogens with zero attached hydrogens (tertiary/aromatic N) is 6. The van der Waals surface area contributed by atoms with Crippen LogP contribution in [0.25, 0.3) is 16.8 Å². The first-order chi connectivity index (χ1) is 13.2. The predicted octanol–water partition coefficient (Wildman–Crippen LogP) is 3.73. The van der Waals surface area contributed by atoms with Crippen molar-refractivity contribution in [1.82, 2.24) is 24.8 Å². The number of halogens is 1. The molecule has 0 saturated carbocycles. The molecule has 0 radical (unpaired) electrons. The van der Waals surface area contributed by atoms with Gasteiger partial charge < -0.3 is 9.80 Å². The van der Waals surface area contributed by atoms with Gasteiger partial charge in [-0.25, -0.2) is 15.0 Å². The Morgan fingerprint density at radius 2 is 1.96 bits per heavy atom. The SMILES string of the molecule is C=Cc1csc(-c2ccccn2)n1.CN1CCN(c2cc(Cl)ncn2)CC1. The Balaban J connectivity index is 0.000000156. The topological polar surface area (TPSA) is 58.0 Å². The lowest BCUT2D eigenvalue weighted by atomic mass is 10.3. The van der Waals surface area contributed by atoms with Gasteiger partial charge in [-0.3, -0.25) is 4.98 Å². The molecule has 3 aromatic rings. The van der Waals surface area contributed by atoms with E-state index in [0.717, 1.165) is 48.4 Å². The van der Waals surface area contributed by atoms with Crippen molar-refractivity contribution in [3.8, 4) is 10.7 Å². The van der Waals surface area contributed by atoms with Crippen LogP contribution in [0.4, 0.5) is 5.82 Å². The zero-order chi connectivity index (χ0) is 19.1. The number of anilines is 1. The van der Waals surface area contributed by atoms with E-state index in [1.54, 1.807) is 23.6 Å². The van der Waals surface area contributed by atoms with E-state index >= 15 is 0 Å². The van der Waals surface area contributed by atoms with Gasteiger partial charge >= 0.3 is 0 Å². The molecule has 1 aliphatic heterocycles. The van der Waals surface area contributed by atoms with Crippen molar-refractivity contribution in [2.75, 3.05) is 38.1 Å². The Kier molecular flexibility index (Phi) is 6.86. The minimum Gasteiger partial charge on any atom is -0.354 e. The van der Waals surface area contributed by atoms with E-state index in [1.807, 2.05) is 29.6 Å². The molecule has 0 amide bonds. The molecule has 4 rings (SSSR count). The van der Waals surface area contributed by atoms with Crippen LogP contribution in [-0.2, 0) is 0 Å². The monoisotopic (exact) mass is 400 g/mol. The smallest absolute Gasteiger partial charge is 0.142 e. The highest BCUT2D eigenvalue weighted by Gasteiger charge is 2.15. The number of likely N-dealkylation sites (N-methyl/N-ethyl adjacent to an activating group) is 1. The van der Waals surface area contributed by atoms with E-state index in [4.69, 9.17) is 11.6 Å². The van der Waals surface area contributed by atoms with Gasteiger partial charge in [0.2, 0.25) is 0 Å². The highest BCUT2D eigenvalue weighted by molar-refractivity contribution is 7.13.